The van der Waals surface area contributed by atoms with E-state index < -0.39 is 17.2 Å². The first-order valence-electron chi connectivity index (χ1n) is 5.07. The molecule has 94 valence electrons. The number of methoxy groups -OCH3 is 1. The number of aliphatic carboxylic acids is 1. The van der Waals surface area contributed by atoms with Gasteiger partial charge in [0.2, 0.25) is 0 Å². The molecule has 17 heavy (non-hydrogen) atoms. The molecule has 1 aromatic rings. The van der Waals surface area contributed by atoms with E-state index in [-0.39, 0.29) is 23.5 Å². The zero-order valence-corrected chi connectivity index (χ0v) is 9.95. The number of halogens is 1. The molecular weight excluding hydrogens is 227 g/mol. The number of ether oxygens (including phenoxy) is 1. The SMILES string of the molecule is COc1c(O)ccc(C(C)(C)CC(=O)O)c1F. The van der Waals surface area contributed by atoms with Crippen LogP contribution in [-0.2, 0) is 10.2 Å². The fraction of sp³-hybridized carbons (Fsp3) is 0.417. The van der Waals surface area contributed by atoms with Gasteiger partial charge >= 0.3 is 5.97 Å². The Bertz CT molecular complexity index is 440. The van der Waals surface area contributed by atoms with E-state index in [1.807, 2.05) is 0 Å². The zero-order chi connectivity index (χ0) is 13.2. The van der Waals surface area contributed by atoms with Crippen molar-refractivity contribution in [3.05, 3.63) is 23.5 Å². The molecule has 0 unspecified atom stereocenters. The summed E-state index contributed by atoms with van der Waals surface area (Å²) in [5.74, 6) is -2.30. The first kappa shape index (κ1) is 13.3. The van der Waals surface area contributed by atoms with E-state index in [0.29, 0.717) is 0 Å². The Morgan fingerprint density at radius 2 is 2.06 bits per heavy atom. The number of carboxylic acids is 1. The summed E-state index contributed by atoms with van der Waals surface area (Å²) in [5.41, 5.74) is -0.675. The Kier molecular flexibility index (Phi) is 3.60. The molecule has 0 heterocycles. The van der Waals surface area contributed by atoms with Gasteiger partial charge in [-0.2, -0.15) is 0 Å². The van der Waals surface area contributed by atoms with Crippen LogP contribution in [0.4, 0.5) is 4.39 Å². The Balaban J connectivity index is 3.27. The van der Waals surface area contributed by atoms with Crippen LogP contribution in [0.5, 0.6) is 11.5 Å². The van der Waals surface area contributed by atoms with Crippen LogP contribution in [0, 0.1) is 5.82 Å². The maximum absolute atomic E-state index is 14.0. The lowest BCUT2D eigenvalue weighted by Gasteiger charge is -2.24. The number of carbonyl (C=O) groups is 1. The Labute approximate surface area is 98.7 Å². The van der Waals surface area contributed by atoms with Crippen molar-refractivity contribution in [3.63, 3.8) is 0 Å². The highest BCUT2D eigenvalue weighted by Crippen LogP contribution is 2.37. The lowest BCUT2D eigenvalue weighted by molar-refractivity contribution is -0.138. The van der Waals surface area contributed by atoms with Crippen LogP contribution in [0.1, 0.15) is 25.8 Å². The number of rotatable bonds is 4. The highest BCUT2D eigenvalue weighted by Gasteiger charge is 2.29. The van der Waals surface area contributed by atoms with Gasteiger partial charge in [-0.05, 0) is 11.6 Å². The smallest absolute Gasteiger partial charge is 0.304 e. The van der Waals surface area contributed by atoms with E-state index >= 15 is 0 Å². The molecule has 0 aliphatic heterocycles. The molecular formula is C12H15FO4. The van der Waals surface area contributed by atoms with Crippen LogP contribution in [0.3, 0.4) is 0 Å². The van der Waals surface area contributed by atoms with Crippen LogP contribution < -0.4 is 4.74 Å². The molecule has 0 bridgehead atoms. The number of benzene rings is 1. The predicted octanol–water partition coefficient (Wildman–Crippen LogP) is 2.29. The average molecular weight is 242 g/mol. The molecule has 4 nitrogen and oxygen atoms in total. The van der Waals surface area contributed by atoms with Gasteiger partial charge in [-0.1, -0.05) is 19.9 Å². The average Bonchev–Trinajstić information content (AvgIpc) is 2.15. The van der Waals surface area contributed by atoms with Gasteiger partial charge in [-0.3, -0.25) is 4.79 Å². The molecule has 0 aliphatic rings. The van der Waals surface area contributed by atoms with Gasteiger partial charge in [-0.15, -0.1) is 0 Å². The second-order valence-electron chi connectivity index (χ2n) is 4.43. The molecule has 0 fully saturated rings. The highest BCUT2D eigenvalue weighted by molar-refractivity contribution is 5.69. The van der Waals surface area contributed by atoms with Gasteiger partial charge in [0.15, 0.2) is 17.3 Å². The zero-order valence-electron chi connectivity index (χ0n) is 9.95. The van der Waals surface area contributed by atoms with E-state index in [0.717, 1.165) is 0 Å². The van der Waals surface area contributed by atoms with E-state index in [2.05, 4.69) is 0 Å². The number of hydrogen-bond donors (Lipinski definition) is 2. The number of carboxylic acid groups (broad SMARTS) is 1. The molecule has 5 heteroatoms. The first-order valence-corrected chi connectivity index (χ1v) is 5.07. The normalized spacial score (nSPS) is 11.3. The third-order valence-corrected chi connectivity index (χ3v) is 2.60. The lowest BCUT2D eigenvalue weighted by Crippen LogP contribution is -2.23. The quantitative estimate of drug-likeness (QED) is 0.850. The fourth-order valence-electron chi connectivity index (χ4n) is 1.74. The van der Waals surface area contributed by atoms with E-state index in [1.54, 1.807) is 13.8 Å². The first-order chi connectivity index (χ1) is 7.79. The third kappa shape index (κ3) is 2.67. The van der Waals surface area contributed by atoms with Crippen molar-refractivity contribution < 1.29 is 24.1 Å². The molecule has 0 aliphatic carbocycles. The largest absolute Gasteiger partial charge is 0.504 e. The lowest BCUT2D eigenvalue weighted by atomic mass is 9.81. The van der Waals surface area contributed by atoms with E-state index in [4.69, 9.17) is 9.84 Å². The molecule has 1 rings (SSSR count). The second kappa shape index (κ2) is 4.61. The molecule has 0 saturated carbocycles. The van der Waals surface area contributed by atoms with Crippen molar-refractivity contribution in [2.24, 2.45) is 0 Å². The highest BCUT2D eigenvalue weighted by atomic mass is 19.1. The monoisotopic (exact) mass is 242 g/mol. The summed E-state index contributed by atoms with van der Waals surface area (Å²) in [6.45, 7) is 3.24. The standard InChI is InChI=1S/C12H15FO4/c1-12(2,6-9(15)16)7-4-5-8(14)11(17-3)10(7)13/h4-5,14H,6H2,1-3H3,(H,15,16). The van der Waals surface area contributed by atoms with E-state index in [9.17, 15) is 14.3 Å². The minimum absolute atomic E-state index is 0.203. The number of phenols is 1. The van der Waals surface area contributed by atoms with Crippen LogP contribution >= 0.6 is 0 Å². The van der Waals surface area contributed by atoms with Crippen molar-refractivity contribution in [2.45, 2.75) is 25.7 Å². The molecule has 1 aromatic carbocycles. The summed E-state index contributed by atoms with van der Waals surface area (Å²) >= 11 is 0. The molecule has 0 radical (unpaired) electrons. The van der Waals surface area contributed by atoms with Crippen molar-refractivity contribution >= 4 is 5.97 Å². The molecule has 0 saturated heterocycles. The summed E-state index contributed by atoms with van der Waals surface area (Å²) in [5, 5.41) is 18.2. The Morgan fingerprint density at radius 1 is 1.47 bits per heavy atom. The number of hydrogen-bond acceptors (Lipinski definition) is 3. The van der Waals surface area contributed by atoms with Crippen molar-refractivity contribution in [1.29, 1.82) is 0 Å². The van der Waals surface area contributed by atoms with Crippen molar-refractivity contribution in [3.8, 4) is 11.5 Å². The Hall–Kier alpha value is -1.78. The number of phenolic OH excluding ortho intramolecular Hbond substituents is 1. The van der Waals surface area contributed by atoms with Gasteiger partial charge in [-0.25, -0.2) is 4.39 Å². The third-order valence-electron chi connectivity index (χ3n) is 2.60. The summed E-state index contributed by atoms with van der Waals surface area (Å²) in [7, 11) is 1.24. The van der Waals surface area contributed by atoms with Crippen LogP contribution in [0.2, 0.25) is 0 Å². The number of aromatic hydroxyl groups is 1. The molecule has 0 aromatic heterocycles. The minimum Gasteiger partial charge on any atom is -0.504 e. The van der Waals surface area contributed by atoms with Crippen molar-refractivity contribution in [2.75, 3.05) is 7.11 Å². The fourth-order valence-corrected chi connectivity index (χ4v) is 1.74. The molecule has 2 N–H and O–H groups in total. The maximum Gasteiger partial charge on any atom is 0.304 e. The second-order valence-corrected chi connectivity index (χ2v) is 4.43. The van der Waals surface area contributed by atoms with Gasteiger partial charge in [0.05, 0.1) is 13.5 Å². The molecule has 0 spiro atoms. The summed E-state index contributed by atoms with van der Waals surface area (Å²) in [4.78, 5) is 10.7. The van der Waals surface area contributed by atoms with Gasteiger partial charge in [0.1, 0.15) is 0 Å². The van der Waals surface area contributed by atoms with Crippen molar-refractivity contribution in [1.82, 2.24) is 0 Å². The molecule has 0 amide bonds. The van der Waals surface area contributed by atoms with E-state index in [1.165, 1.54) is 19.2 Å². The van der Waals surface area contributed by atoms with Crippen LogP contribution in [0.15, 0.2) is 12.1 Å². The topological polar surface area (TPSA) is 66.8 Å². The maximum atomic E-state index is 14.0. The van der Waals surface area contributed by atoms with Crippen LogP contribution in [0.25, 0.3) is 0 Å². The predicted molar refractivity (Wildman–Crippen MR) is 59.9 cm³/mol. The summed E-state index contributed by atoms with van der Waals surface area (Å²) in [6.07, 6.45) is -0.210. The Morgan fingerprint density at radius 3 is 2.53 bits per heavy atom. The molecule has 0 atom stereocenters. The minimum atomic E-state index is -1.01. The summed E-state index contributed by atoms with van der Waals surface area (Å²) < 4.78 is 18.7. The van der Waals surface area contributed by atoms with Gasteiger partial charge < -0.3 is 14.9 Å². The summed E-state index contributed by atoms with van der Waals surface area (Å²) in [6, 6.07) is 2.66. The van der Waals surface area contributed by atoms with Gasteiger partial charge in [0.25, 0.3) is 0 Å². The van der Waals surface area contributed by atoms with Gasteiger partial charge in [0, 0.05) is 5.41 Å². The van der Waals surface area contributed by atoms with Crippen LogP contribution in [-0.4, -0.2) is 23.3 Å².